The van der Waals surface area contributed by atoms with Crippen LogP contribution < -0.4 is 5.32 Å². The smallest absolute Gasteiger partial charge is 0.121 e. The Balaban J connectivity index is 1.82. The zero-order valence-corrected chi connectivity index (χ0v) is 12.8. The van der Waals surface area contributed by atoms with Gasteiger partial charge in [-0.3, -0.25) is 0 Å². The molecule has 3 nitrogen and oxygen atoms in total. The highest BCUT2D eigenvalue weighted by molar-refractivity contribution is 6.31. The summed E-state index contributed by atoms with van der Waals surface area (Å²) in [5.41, 5.74) is 1.93. The van der Waals surface area contributed by atoms with Crippen molar-refractivity contribution in [3.05, 3.63) is 58.6 Å². The minimum Gasteiger partial charge on any atom is -0.508 e. The molecule has 0 aliphatic rings. The van der Waals surface area contributed by atoms with E-state index in [1.54, 1.807) is 30.3 Å². The summed E-state index contributed by atoms with van der Waals surface area (Å²) in [5, 5.41) is 23.0. The van der Waals surface area contributed by atoms with Gasteiger partial charge in [-0.25, -0.2) is 0 Å². The Morgan fingerprint density at radius 2 is 1.81 bits per heavy atom. The van der Waals surface area contributed by atoms with Gasteiger partial charge in [-0.15, -0.1) is 0 Å². The normalized spacial score (nSPS) is 12.3. The summed E-state index contributed by atoms with van der Waals surface area (Å²) < 4.78 is 0. The van der Waals surface area contributed by atoms with Crippen LogP contribution >= 0.6 is 11.6 Å². The first-order valence-corrected chi connectivity index (χ1v) is 7.41. The van der Waals surface area contributed by atoms with Crippen LogP contribution in [0.4, 0.5) is 0 Å². The number of aromatic hydroxyl groups is 2. The second-order valence-corrected chi connectivity index (χ2v) is 5.63. The van der Waals surface area contributed by atoms with Crippen molar-refractivity contribution in [2.24, 2.45) is 0 Å². The molecule has 0 aliphatic carbocycles. The number of halogens is 1. The van der Waals surface area contributed by atoms with Gasteiger partial charge in [0.25, 0.3) is 0 Å². The van der Waals surface area contributed by atoms with Crippen molar-refractivity contribution in [1.29, 1.82) is 0 Å². The highest BCUT2D eigenvalue weighted by Gasteiger charge is 2.08. The fraction of sp³-hybridized carbons (Fsp3) is 0.294. The van der Waals surface area contributed by atoms with E-state index in [1.807, 2.05) is 12.1 Å². The Labute approximate surface area is 130 Å². The lowest BCUT2D eigenvalue weighted by Gasteiger charge is -2.15. The third-order valence-corrected chi connectivity index (χ3v) is 3.88. The molecule has 2 rings (SSSR count). The average Bonchev–Trinajstić information content (AvgIpc) is 2.46. The predicted molar refractivity (Wildman–Crippen MR) is 85.8 cm³/mol. The number of nitrogens with one attached hydrogen (secondary N) is 1. The molecule has 0 spiro atoms. The van der Waals surface area contributed by atoms with E-state index in [0.717, 1.165) is 18.4 Å². The van der Waals surface area contributed by atoms with Gasteiger partial charge in [0.15, 0.2) is 0 Å². The minimum atomic E-state index is 0.223. The van der Waals surface area contributed by atoms with Crippen molar-refractivity contribution < 1.29 is 10.2 Å². The van der Waals surface area contributed by atoms with Crippen LogP contribution in [-0.2, 0) is 13.0 Å². The summed E-state index contributed by atoms with van der Waals surface area (Å²) >= 11 is 6.08. The minimum absolute atomic E-state index is 0.223. The van der Waals surface area contributed by atoms with Crippen LogP contribution in [0.15, 0.2) is 42.5 Å². The maximum Gasteiger partial charge on any atom is 0.121 e. The van der Waals surface area contributed by atoms with E-state index >= 15 is 0 Å². The molecular formula is C17H20ClNO2. The highest BCUT2D eigenvalue weighted by Crippen LogP contribution is 2.25. The fourth-order valence-electron chi connectivity index (χ4n) is 2.15. The van der Waals surface area contributed by atoms with E-state index < -0.39 is 0 Å². The van der Waals surface area contributed by atoms with Gasteiger partial charge < -0.3 is 15.5 Å². The molecule has 1 unspecified atom stereocenters. The lowest BCUT2D eigenvalue weighted by Crippen LogP contribution is -2.26. The van der Waals surface area contributed by atoms with Crippen molar-refractivity contribution in [2.75, 3.05) is 0 Å². The molecule has 3 N–H and O–H groups in total. The van der Waals surface area contributed by atoms with Crippen LogP contribution in [0.5, 0.6) is 11.5 Å². The second kappa shape index (κ2) is 7.34. The van der Waals surface area contributed by atoms with Crippen molar-refractivity contribution in [1.82, 2.24) is 5.32 Å². The molecule has 0 saturated carbocycles. The topological polar surface area (TPSA) is 52.5 Å². The molecule has 112 valence electrons. The van der Waals surface area contributed by atoms with Crippen molar-refractivity contribution in [3.63, 3.8) is 0 Å². The summed E-state index contributed by atoms with van der Waals surface area (Å²) in [6, 6.07) is 12.7. The summed E-state index contributed by atoms with van der Waals surface area (Å²) in [4.78, 5) is 0. The maximum absolute atomic E-state index is 9.79. The van der Waals surface area contributed by atoms with Crippen LogP contribution in [0.25, 0.3) is 0 Å². The Bertz CT molecular complexity index is 564. The van der Waals surface area contributed by atoms with Crippen molar-refractivity contribution in [3.8, 4) is 11.5 Å². The Morgan fingerprint density at radius 3 is 2.48 bits per heavy atom. The predicted octanol–water partition coefficient (Wildman–Crippen LogP) is 3.86. The lowest BCUT2D eigenvalue weighted by atomic mass is 10.1. The Morgan fingerprint density at radius 1 is 1.10 bits per heavy atom. The molecule has 0 aromatic heterocycles. The highest BCUT2D eigenvalue weighted by atomic mass is 35.5. The number of phenols is 2. The largest absolute Gasteiger partial charge is 0.508 e. The third kappa shape index (κ3) is 4.66. The quantitative estimate of drug-likeness (QED) is 0.759. The van der Waals surface area contributed by atoms with E-state index in [0.29, 0.717) is 23.4 Å². The van der Waals surface area contributed by atoms with E-state index in [-0.39, 0.29) is 5.75 Å². The van der Waals surface area contributed by atoms with Crippen molar-refractivity contribution in [2.45, 2.75) is 32.4 Å². The van der Waals surface area contributed by atoms with Gasteiger partial charge >= 0.3 is 0 Å². The van der Waals surface area contributed by atoms with Crippen LogP contribution in [-0.4, -0.2) is 16.3 Å². The Hall–Kier alpha value is -1.71. The van der Waals surface area contributed by atoms with Crippen LogP contribution in [0, 0.1) is 0 Å². The van der Waals surface area contributed by atoms with Gasteiger partial charge in [0, 0.05) is 23.2 Å². The molecule has 0 radical (unpaired) electrons. The van der Waals surface area contributed by atoms with Gasteiger partial charge in [0.2, 0.25) is 0 Å². The standard InChI is InChI=1S/C17H20ClNO2/c1-12(5-6-13-7-9-14(20)10-8-13)19-11-15-16(18)3-2-4-17(15)21/h2-4,7-10,12,19-21H,5-6,11H2,1H3. The number of rotatable bonds is 6. The molecule has 2 aromatic rings. The second-order valence-electron chi connectivity index (χ2n) is 5.22. The van der Waals surface area contributed by atoms with Crippen molar-refractivity contribution >= 4 is 11.6 Å². The van der Waals surface area contributed by atoms with Crippen LogP contribution in [0.3, 0.4) is 0 Å². The molecule has 21 heavy (non-hydrogen) atoms. The van der Waals surface area contributed by atoms with Gasteiger partial charge in [0.1, 0.15) is 11.5 Å². The van der Waals surface area contributed by atoms with E-state index in [1.165, 1.54) is 5.56 Å². The number of hydrogen-bond acceptors (Lipinski definition) is 3. The van der Waals surface area contributed by atoms with Gasteiger partial charge in [-0.2, -0.15) is 0 Å². The molecule has 0 heterocycles. The zero-order chi connectivity index (χ0) is 15.2. The summed E-state index contributed by atoms with van der Waals surface area (Å²) in [6.45, 7) is 2.65. The van der Waals surface area contributed by atoms with E-state index in [2.05, 4.69) is 12.2 Å². The fourth-order valence-corrected chi connectivity index (χ4v) is 2.38. The molecular weight excluding hydrogens is 286 g/mol. The molecule has 1 atom stereocenters. The van der Waals surface area contributed by atoms with Gasteiger partial charge in [-0.05, 0) is 49.6 Å². The van der Waals surface area contributed by atoms with Gasteiger partial charge in [-0.1, -0.05) is 29.8 Å². The number of benzene rings is 2. The molecule has 0 bridgehead atoms. The monoisotopic (exact) mass is 305 g/mol. The van der Waals surface area contributed by atoms with Crippen LogP contribution in [0.2, 0.25) is 5.02 Å². The molecule has 0 aliphatic heterocycles. The summed E-state index contributed by atoms with van der Waals surface area (Å²) in [7, 11) is 0. The first-order valence-electron chi connectivity index (χ1n) is 7.04. The zero-order valence-electron chi connectivity index (χ0n) is 12.0. The third-order valence-electron chi connectivity index (χ3n) is 3.52. The van der Waals surface area contributed by atoms with E-state index in [4.69, 9.17) is 11.6 Å². The molecule has 4 heteroatoms. The Kier molecular flexibility index (Phi) is 5.48. The first kappa shape index (κ1) is 15.7. The molecule has 0 fully saturated rings. The van der Waals surface area contributed by atoms with E-state index in [9.17, 15) is 10.2 Å². The summed E-state index contributed by atoms with van der Waals surface area (Å²) in [5.74, 6) is 0.514. The first-order chi connectivity index (χ1) is 10.1. The van der Waals surface area contributed by atoms with Crippen LogP contribution in [0.1, 0.15) is 24.5 Å². The number of aryl methyl sites for hydroxylation is 1. The lowest BCUT2D eigenvalue weighted by molar-refractivity contribution is 0.455. The number of phenolic OH excluding ortho intramolecular Hbond substituents is 2. The molecule has 0 amide bonds. The summed E-state index contributed by atoms with van der Waals surface area (Å²) in [6.07, 6.45) is 1.90. The van der Waals surface area contributed by atoms with Gasteiger partial charge in [0.05, 0.1) is 0 Å². The average molecular weight is 306 g/mol. The maximum atomic E-state index is 9.79. The number of hydrogen-bond donors (Lipinski definition) is 3. The SMILES string of the molecule is CC(CCc1ccc(O)cc1)NCc1c(O)cccc1Cl. The molecule has 2 aromatic carbocycles. The molecule has 0 saturated heterocycles.